The molecule has 2 unspecified atom stereocenters. The van der Waals surface area contributed by atoms with Crippen LogP contribution in [0.2, 0.25) is 0 Å². The zero-order chi connectivity index (χ0) is 22.3. The standard InChI is InChI=1S/C29H25O2S/c1-4-29(3,25-13-9-10-20(25)2)31-28(30)21-16-18-22(19-17-21)32-26-14-7-5-11-23(26)24-12-6-8-15-27(24)32/h1,5-8,10-12,14-19,25H,9,13H2,2-3H3/q+1. The second kappa shape index (κ2) is 7.97. The number of hydrogen-bond acceptors (Lipinski definition) is 2. The molecule has 1 heterocycles. The van der Waals surface area contributed by atoms with Gasteiger partial charge in [0.2, 0.25) is 0 Å². The number of benzene rings is 3. The Labute approximate surface area is 191 Å². The first-order chi connectivity index (χ1) is 15.5. The number of esters is 1. The maximum Gasteiger partial charge on any atom is 0.339 e. The van der Waals surface area contributed by atoms with E-state index in [4.69, 9.17) is 11.2 Å². The minimum atomic E-state index is -0.933. The van der Waals surface area contributed by atoms with Crippen LogP contribution in [0.15, 0.2) is 84.4 Å². The normalized spacial score (nSPS) is 17.7. The molecule has 1 aromatic heterocycles. The summed E-state index contributed by atoms with van der Waals surface area (Å²) in [7, 11) is -0.181. The lowest BCUT2D eigenvalue weighted by atomic mass is 9.85. The minimum Gasteiger partial charge on any atom is -0.442 e. The second-order valence-electron chi connectivity index (χ2n) is 8.54. The SMILES string of the molecule is C#CC(C)(OC(=O)c1ccc(-[s+]2c3ccccc3c3ccccc32)cc1)C1CCC=C1C. The fourth-order valence-electron chi connectivity index (χ4n) is 4.84. The third-order valence-corrected chi connectivity index (χ3v) is 8.89. The maximum absolute atomic E-state index is 13.0. The summed E-state index contributed by atoms with van der Waals surface area (Å²) in [4.78, 5) is 14.2. The van der Waals surface area contributed by atoms with Crippen molar-refractivity contribution in [3.63, 3.8) is 0 Å². The molecule has 0 N–H and O–H groups in total. The lowest BCUT2D eigenvalue weighted by Gasteiger charge is -2.31. The van der Waals surface area contributed by atoms with Gasteiger partial charge in [-0.1, -0.05) is 41.8 Å². The Hall–Kier alpha value is -3.35. The van der Waals surface area contributed by atoms with Gasteiger partial charge in [-0.05, 0) is 75.2 Å². The Balaban J connectivity index is 1.48. The van der Waals surface area contributed by atoms with Crippen LogP contribution in [0.1, 0.15) is 37.0 Å². The summed E-state index contributed by atoms with van der Waals surface area (Å²) >= 11 is 0. The Bertz CT molecular complexity index is 1350. The largest absolute Gasteiger partial charge is 0.442 e. The van der Waals surface area contributed by atoms with E-state index in [2.05, 4.69) is 67.5 Å². The molecule has 1 aliphatic rings. The third kappa shape index (κ3) is 3.32. The van der Waals surface area contributed by atoms with E-state index in [1.807, 2.05) is 31.2 Å². The first-order valence-electron chi connectivity index (χ1n) is 10.9. The molecule has 0 saturated heterocycles. The van der Waals surface area contributed by atoms with Crippen molar-refractivity contribution in [2.75, 3.05) is 0 Å². The van der Waals surface area contributed by atoms with Gasteiger partial charge >= 0.3 is 5.97 Å². The van der Waals surface area contributed by atoms with Crippen molar-refractivity contribution in [2.24, 2.45) is 5.92 Å². The van der Waals surface area contributed by atoms with E-state index in [0.29, 0.717) is 5.56 Å². The van der Waals surface area contributed by atoms with Crippen LogP contribution < -0.4 is 0 Å². The van der Waals surface area contributed by atoms with E-state index in [1.165, 1.54) is 30.6 Å². The number of thiophene rings is 1. The van der Waals surface area contributed by atoms with E-state index in [-0.39, 0.29) is 22.4 Å². The summed E-state index contributed by atoms with van der Waals surface area (Å²) in [5, 5.41) is 2.58. The molecule has 0 bridgehead atoms. The van der Waals surface area contributed by atoms with Gasteiger partial charge in [-0.2, -0.15) is 0 Å². The van der Waals surface area contributed by atoms with Crippen LogP contribution in [0.4, 0.5) is 0 Å². The Kier molecular flexibility index (Phi) is 5.12. The quantitative estimate of drug-likeness (QED) is 0.142. The van der Waals surface area contributed by atoms with Gasteiger partial charge in [0.1, 0.15) is 0 Å². The highest BCUT2D eigenvalue weighted by Crippen LogP contribution is 2.48. The molecule has 0 amide bonds. The van der Waals surface area contributed by atoms with Crippen LogP contribution in [-0.2, 0) is 4.74 Å². The highest BCUT2D eigenvalue weighted by Gasteiger charge is 2.39. The summed E-state index contributed by atoms with van der Waals surface area (Å²) in [6, 6.07) is 25.0. The molecule has 1 aliphatic carbocycles. The summed E-state index contributed by atoms with van der Waals surface area (Å²) in [5.74, 6) is 2.45. The van der Waals surface area contributed by atoms with Gasteiger partial charge < -0.3 is 4.74 Å². The Morgan fingerprint density at radius 3 is 2.12 bits per heavy atom. The van der Waals surface area contributed by atoms with Crippen molar-refractivity contribution in [1.29, 1.82) is 0 Å². The molecule has 0 saturated carbocycles. The monoisotopic (exact) mass is 437 g/mol. The number of allylic oxidation sites excluding steroid dienone is 1. The molecule has 4 aromatic rings. The van der Waals surface area contributed by atoms with Crippen molar-refractivity contribution < 1.29 is 9.53 Å². The fraction of sp³-hybridized carbons (Fsp3) is 0.207. The predicted octanol–water partition coefficient (Wildman–Crippen LogP) is 7.64. The second-order valence-corrected chi connectivity index (χ2v) is 10.5. The van der Waals surface area contributed by atoms with Gasteiger partial charge in [0.05, 0.1) is 5.56 Å². The van der Waals surface area contributed by atoms with Crippen molar-refractivity contribution in [1.82, 2.24) is 0 Å². The van der Waals surface area contributed by atoms with Crippen LogP contribution >= 0.6 is 10.5 Å². The summed E-state index contributed by atoms with van der Waals surface area (Å²) in [6.45, 7) is 3.91. The number of terminal acetylenes is 1. The van der Waals surface area contributed by atoms with Gasteiger partial charge in [0.25, 0.3) is 0 Å². The van der Waals surface area contributed by atoms with Crippen LogP contribution in [0.3, 0.4) is 0 Å². The summed E-state index contributed by atoms with van der Waals surface area (Å²) in [6.07, 6.45) is 9.90. The maximum atomic E-state index is 13.0. The van der Waals surface area contributed by atoms with E-state index in [9.17, 15) is 4.79 Å². The number of ether oxygens (including phenoxy) is 1. The van der Waals surface area contributed by atoms with E-state index >= 15 is 0 Å². The molecule has 0 radical (unpaired) electrons. The Morgan fingerprint density at radius 1 is 1.00 bits per heavy atom. The average Bonchev–Trinajstić information content (AvgIpc) is 3.41. The number of carbonyl (C=O) groups excluding carboxylic acids is 1. The first kappa shape index (κ1) is 20.5. The highest BCUT2D eigenvalue weighted by molar-refractivity contribution is 7.50. The fourth-order valence-corrected chi connectivity index (χ4v) is 7.22. The molecular weight excluding hydrogens is 412 g/mol. The molecule has 2 atom stereocenters. The van der Waals surface area contributed by atoms with Crippen LogP contribution in [0.5, 0.6) is 0 Å². The molecule has 0 fully saturated rings. The molecule has 5 rings (SSSR count). The zero-order valence-electron chi connectivity index (χ0n) is 18.3. The minimum absolute atomic E-state index is 0.0729. The number of fused-ring (bicyclic) bond motifs is 3. The summed E-state index contributed by atoms with van der Waals surface area (Å²) < 4.78 is 8.54. The molecule has 158 valence electrons. The third-order valence-electron chi connectivity index (χ3n) is 6.56. The van der Waals surface area contributed by atoms with Gasteiger partial charge in [-0.25, -0.2) is 4.79 Å². The number of hydrogen-bond donors (Lipinski definition) is 0. The predicted molar refractivity (Wildman–Crippen MR) is 134 cm³/mol. The lowest BCUT2D eigenvalue weighted by molar-refractivity contribution is -0.00235. The topological polar surface area (TPSA) is 26.3 Å². The number of carbonyl (C=O) groups is 1. The Morgan fingerprint density at radius 2 is 1.59 bits per heavy atom. The molecule has 3 aromatic carbocycles. The molecule has 0 aliphatic heterocycles. The van der Waals surface area contributed by atoms with Crippen LogP contribution in [0, 0.1) is 18.3 Å². The average molecular weight is 438 g/mol. The molecule has 0 spiro atoms. The van der Waals surface area contributed by atoms with Gasteiger partial charge in [0, 0.05) is 27.2 Å². The summed E-state index contributed by atoms with van der Waals surface area (Å²) in [5.41, 5.74) is 0.797. The number of rotatable bonds is 4. The molecule has 2 nitrogen and oxygen atoms in total. The van der Waals surface area contributed by atoms with E-state index < -0.39 is 5.60 Å². The van der Waals surface area contributed by atoms with Gasteiger partial charge in [0.15, 0.2) is 19.9 Å². The van der Waals surface area contributed by atoms with E-state index in [0.717, 1.165) is 12.8 Å². The van der Waals surface area contributed by atoms with Gasteiger partial charge in [-0.3, -0.25) is 0 Å². The molecule has 32 heavy (non-hydrogen) atoms. The zero-order valence-corrected chi connectivity index (χ0v) is 19.1. The lowest BCUT2D eigenvalue weighted by Crippen LogP contribution is -2.38. The highest BCUT2D eigenvalue weighted by atomic mass is 32.2. The van der Waals surface area contributed by atoms with Crippen molar-refractivity contribution in [3.05, 3.63) is 90.0 Å². The van der Waals surface area contributed by atoms with Crippen molar-refractivity contribution in [3.8, 4) is 17.2 Å². The smallest absolute Gasteiger partial charge is 0.339 e. The van der Waals surface area contributed by atoms with E-state index in [1.54, 1.807) is 0 Å². The van der Waals surface area contributed by atoms with Crippen LogP contribution in [-0.4, -0.2) is 11.6 Å². The molecule has 3 heteroatoms. The van der Waals surface area contributed by atoms with Crippen molar-refractivity contribution >= 4 is 36.6 Å². The van der Waals surface area contributed by atoms with Gasteiger partial charge in [-0.15, -0.1) is 6.42 Å². The van der Waals surface area contributed by atoms with Crippen molar-refractivity contribution in [2.45, 2.75) is 32.3 Å². The van der Waals surface area contributed by atoms with Crippen LogP contribution in [0.25, 0.3) is 25.1 Å². The first-order valence-corrected chi connectivity index (χ1v) is 12.1. The molecular formula is C29H25O2S+.